The van der Waals surface area contributed by atoms with Gasteiger partial charge >= 0.3 is 0 Å². The van der Waals surface area contributed by atoms with E-state index in [0.29, 0.717) is 6.54 Å². The van der Waals surface area contributed by atoms with Crippen LogP contribution in [0.5, 0.6) is 0 Å². The second-order valence-electron chi connectivity index (χ2n) is 4.64. The number of hydrogen-bond acceptors (Lipinski definition) is 2. The number of benzene rings is 1. The molecule has 2 aromatic rings. The minimum absolute atomic E-state index is 0.699. The van der Waals surface area contributed by atoms with Crippen molar-refractivity contribution in [1.29, 1.82) is 0 Å². The van der Waals surface area contributed by atoms with Crippen molar-refractivity contribution in [3.8, 4) is 5.69 Å². The Morgan fingerprint density at radius 1 is 1.32 bits per heavy atom. The minimum atomic E-state index is 0.699. The van der Waals surface area contributed by atoms with E-state index in [1.54, 1.807) is 0 Å². The zero-order chi connectivity index (χ0) is 14.0. The van der Waals surface area contributed by atoms with Crippen LogP contribution >= 0.6 is 15.9 Å². The Labute approximate surface area is 122 Å². The van der Waals surface area contributed by atoms with Crippen molar-refractivity contribution < 1.29 is 0 Å². The molecule has 0 atom stereocenters. The van der Waals surface area contributed by atoms with Crippen LogP contribution in [0, 0.1) is 20.8 Å². The summed E-state index contributed by atoms with van der Waals surface area (Å²) in [6.07, 6.45) is 3.86. The smallest absolute Gasteiger partial charge is 0.207 e. The molecule has 0 aliphatic carbocycles. The average molecular weight is 320 g/mol. The zero-order valence-corrected chi connectivity index (χ0v) is 13.1. The molecule has 1 heterocycles. The fourth-order valence-electron chi connectivity index (χ4n) is 2.04. The van der Waals surface area contributed by atoms with Gasteiger partial charge in [0.25, 0.3) is 0 Å². The molecule has 0 spiro atoms. The monoisotopic (exact) mass is 319 g/mol. The number of nitrogens with zero attached hydrogens (tertiary/aromatic N) is 2. The molecule has 0 saturated carbocycles. The molecule has 2 rings (SSSR count). The number of nitrogens with one attached hydrogen (secondary N) is 1. The molecule has 1 aromatic carbocycles. The van der Waals surface area contributed by atoms with Crippen molar-refractivity contribution in [2.24, 2.45) is 0 Å². The average Bonchev–Trinajstić information content (AvgIpc) is 2.74. The van der Waals surface area contributed by atoms with E-state index in [0.717, 1.165) is 21.8 Å². The molecule has 3 nitrogen and oxygen atoms in total. The Balaban J connectivity index is 2.49. The van der Waals surface area contributed by atoms with Gasteiger partial charge in [-0.05, 0) is 44.0 Å². The minimum Gasteiger partial charge on any atom is -0.352 e. The van der Waals surface area contributed by atoms with Gasteiger partial charge in [0.1, 0.15) is 0 Å². The van der Waals surface area contributed by atoms with E-state index in [2.05, 4.69) is 63.4 Å². The molecule has 0 aliphatic heterocycles. The Morgan fingerprint density at radius 2 is 1.95 bits per heavy atom. The first-order valence-corrected chi connectivity index (χ1v) is 7.00. The maximum atomic E-state index is 4.50. The van der Waals surface area contributed by atoms with Gasteiger partial charge in [0, 0.05) is 22.9 Å². The summed E-state index contributed by atoms with van der Waals surface area (Å²) in [6.45, 7) is 10.6. The highest BCUT2D eigenvalue weighted by molar-refractivity contribution is 9.10. The topological polar surface area (TPSA) is 29.9 Å². The van der Waals surface area contributed by atoms with E-state index in [9.17, 15) is 0 Å². The Hall–Kier alpha value is -1.55. The molecule has 0 aliphatic rings. The number of halogens is 1. The third-order valence-corrected chi connectivity index (χ3v) is 4.18. The first kappa shape index (κ1) is 13.9. The van der Waals surface area contributed by atoms with E-state index >= 15 is 0 Å². The highest BCUT2D eigenvalue weighted by Crippen LogP contribution is 2.26. The molecule has 1 aromatic heterocycles. The Kier molecular flexibility index (Phi) is 4.10. The van der Waals surface area contributed by atoms with Crippen molar-refractivity contribution >= 4 is 21.9 Å². The SMILES string of the molecule is C=CCNc1nc(C)cn1-c1cc(C)c(Br)c(C)c1. The van der Waals surface area contributed by atoms with Crippen LogP contribution in [0.2, 0.25) is 0 Å². The van der Waals surface area contributed by atoms with Crippen LogP contribution in [-0.4, -0.2) is 16.1 Å². The lowest BCUT2D eigenvalue weighted by Gasteiger charge is -2.12. The third-order valence-electron chi connectivity index (χ3n) is 2.93. The first-order chi connectivity index (χ1) is 9.02. The van der Waals surface area contributed by atoms with E-state index in [-0.39, 0.29) is 0 Å². The third kappa shape index (κ3) is 2.89. The van der Waals surface area contributed by atoms with Crippen LogP contribution in [0.25, 0.3) is 5.69 Å². The van der Waals surface area contributed by atoms with E-state index in [1.165, 1.54) is 11.1 Å². The maximum Gasteiger partial charge on any atom is 0.207 e. The molecule has 19 heavy (non-hydrogen) atoms. The van der Waals surface area contributed by atoms with Crippen LogP contribution < -0.4 is 5.32 Å². The molecule has 0 saturated heterocycles. The van der Waals surface area contributed by atoms with Crippen molar-refractivity contribution in [3.63, 3.8) is 0 Å². The molecule has 0 radical (unpaired) electrons. The van der Waals surface area contributed by atoms with Crippen LogP contribution in [0.3, 0.4) is 0 Å². The van der Waals surface area contributed by atoms with Crippen molar-refractivity contribution in [2.75, 3.05) is 11.9 Å². The van der Waals surface area contributed by atoms with Gasteiger partial charge in [-0.15, -0.1) is 6.58 Å². The first-order valence-electron chi connectivity index (χ1n) is 6.21. The van der Waals surface area contributed by atoms with Crippen LogP contribution in [0.1, 0.15) is 16.8 Å². The standard InChI is InChI=1S/C15H18BrN3/c1-5-6-17-15-18-12(4)9-19(15)13-7-10(2)14(16)11(3)8-13/h5,7-9H,1,6H2,2-4H3,(H,17,18). The normalized spacial score (nSPS) is 10.5. The zero-order valence-electron chi connectivity index (χ0n) is 11.5. The van der Waals surface area contributed by atoms with Gasteiger partial charge in [0.15, 0.2) is 0 Å². The predicted octanol–water partition coefficient (Wildman–Crippen LogP) is 4.16. The van der Waals surface area contributed by atoms with Crippen molar-refractivity contribution in [1.82, 2.24) is 9.55 Å². The number of aryl methyl sites for hydroxylation is 3. The van der Waals surface area contributed by atoms with Gasteiger partial charge in [0.05, 0.1) is 5.69 Å². The fourth-order valence-corrected chi connectivity index (χ4v) is 2.27. The van der Waals surface area contributed by atoms with E-state index < -0.39 is 0 Å². The quantitative estimate of drug-likeness (QED) is 0.858. The molecule has 0 fully saturated rings. The lowest BCUT2D eigenvalue weighted by molar-refractivity contribution is 1.03. The molecule has 0 unspecified atom stereocenters. The lowest BCUT2D eigenvalue weighted by Crippen LogP contribution is -2.06. The second kappa shape index (κ2) is 5.61. The highest BCUT2D eigenvalue weighted by Gasteiger charge is 2.09. The molecule has 4 heteroatoms. The number of rotatable bonds is 4. The molecule has 100 valence electrons. The summed E-state index contributed by atoms with van der Waals surface area (Å²) in [4.78, 5) is 4.50. The number of anilines is 1. The Morgan fingerprint density at radius 3 is 2.53 bits per heavy atom. The van der Waals surface area contributed by atoms with Gasteiger partial charge < -0.3 is 5.32 Å². The number of hydrogen-bond donors (Lipinski definition) is 1. The van der Waals surface area contributed by atoms with Crippen LogP contribution in [0.4, 0.5) is 5.95 Å². The predicted molar refractivity (Wildman–Crippen MR) is 84.2 cm³/mol. The summed E-state index contributed by atoms with van der Waals surface area (Å²) in [6, 6.07) is 4.30. The second-order valence-corrected chi connectivity index (χ2v) is 5.43. The highest BCUT2D eigenvalue weighted by atomic mass is 79.9. The molecular formula is C15H18BrN3. The summed E-state index contributed by atoms with van der Waals surface area (Å²) in [5.74, 6) is 0.846. The largest absolute Gasteiger partial charge is 0.352 e. The fraction of sp³-hybridized carbons (Fsp3) is 0.267. The summed E-state index contributed by atoms with van der Waals surface area (Å²) >= 11 is 3.60. The molecule has 1 N–H and O–H groups in total. The van der Waals surface area contributed by atoms with Crippen molar-refractivity contribution in [3.05, 3.63) is 52.3 Å². The molecular weight excluding hydrogens is 302 g/mol. The number of aromatic nitrogens is 2. The van der Waals surface area contributed by atoms with Crippen LogP contribution in [-0.2, 0) is 0 Å². The van der Waals surface area contributed by atoms with Gasteiger partial charge in [-0.1, -0.05) is 22.0 Å². The van der Waals surface area contributed by atoms with Crippen LogP contribution in [0.15, 0.2) is 35.5 Å². The molecule has 0 amide bonds. The van der Waals surface area contributed by atoms with E-state index in [1.807, 2.05) is 19.2 Å². The summed E-state index contributed by atoms with van der Waals surface area (Å²) in [5.41, 5.74) is 4.54. The van der Waals surface area contributed by atoms with Gasteiger partial charge in [-0.3, -0.25) is 4.57 Å². The molecule has 0 bridgehead atoms. The maximum absolute atomic E-state index is 4.50. The lowest BCUT2D eigenvalue weighted by atomic mass is 10.1. The Bertz CT molecular complexity index is 591. The number of imidazole rings is 1. The van der Waals surface area contributed by atoms with Gasteiger partial charge in [-0.2, -0.15) is 0 Å². The summed E-state index contributed by atoms with van der Waals surface area (Å²) in [5, 5.41) is 3.26. The summed E-state index contributed by atoms with van der Waals surface area (Å²) in [7, 11) is 0. The van der Waals surface area contributed by atoms with Gasteiger partial charge in [0.2, 0.25) is 5.95 Å². The van der Waals surface area contributed by atoms with Gasteiger partial charge in [-0.25, -0.2) is 4.98 Å². The van der Waals surface area contributed by atoms with E-state index in [4.69, 9.17) is 0 Å². The van der Waals surface area contributed by atoms with Crippen molar-refractivity contribution in [2.45, 2.75) is 20.8 Å². The summed E-state index contributed by atoms with van der Waals surface area (Å²) < 4.78 is 3.24.